The van der Waals surface area contributed by atoms with Gasteiger partial charge in [0.05, 0.1) is 23.3 Å². The summed E-state index contributed by atoms with van der Waals surface area (Å²) in [7, 11) is 1.45. The molecule has 0 amide bonds. The second kappa shape index (κ2) is 5.66. The van der Waals surface area contributed by atoms with Crippen LogP contribution in [0.4, 0.5) is 24.8 Å². The molecule has 0 bridgehead atoms. The first-order chi connectivity index (χ1) is 9.40. The number of nitrogens with zero attached hydrogens (tertiary/aromatic N) is 2. The van der Waals surface area contributed by atoms with Gasteiger partial charge in [0, 0.05) is 5.69 Å². The number of nitrogens with one attached hydrogen (secondary N) is 1. The number of aromatic nitrogens is 2. The van der Waals surface area contributed by atoms with Crippen molar-refractivity contribution < 1.29 is 17.9 Å². The van der Waals surface area contributed by atoms with Crippen molar-refractivity contribution in [3.05, 3.63) is 40.5 Å². The predicted octanol–water partition coefficient (Wildman–Crippen LogP) is 4.01. The van der Waals surface area contributed by atoms with Crippen molar-refractivity contribution in [2.45, 2.75) is 6.18 Å². The summed E-state index contributed by atoms with van der Waals surface area (Å²) in [5.74, 6) is 0.555. The zero-order valence-electron chi connectivity index (χ0n) is 10.2. The number of rotatable bonds is 3. The summed E-state index contributed by atoms with van der Waals surface area (Å²) in [6.07, 6.45) is -2.87. The van der Waals surface area contributed by atoms with Gasteiger partial charge in [-0.2, -0.15) is 18.2 Å². The molecule has 1 aromatic carbocycles. The first kappa shape index (κ1) is 14.6. The Bertz CT molecular complexity index is 602. The number of hydrogen-bond donors (Lipinski definition) is 1. The summed E-state index contributed by atoms with van der Waals surface area (Å²) in [6, 6.07) is 4.58. The minimum absolute atomic E-state index is 0.227. The molecule has 0 saturated carbocycles. The van der Waals surface area contributed by atoms with Crippen LogP contribution in [0.2, 0.25) is 0 Å². The van der Waals surface area contributed by atoms with Crippen LogP contribution in [0, 0.1) is 0 Å². The molecule has 0 unspecified atom stereocenters. The average molecular weight is 348 g/mol. The molecule has 0 atom stereocenters. The summed E-state index contributed by atoms with van der Waals surface area (Å²) in [5.41, 5.74) is -0.264. The number of alkyl halides is 3. The molecule has 1 heterocycles. The van der Waals surface area contributed by atoms with E-state index in [0.29, 0.717) is 16.0 Å². The number of anilines is 2. The fourth-order valence-corrected chi connectivity index (χ4v) is 1.78. The smallest absolute Gasteiger partial charge is 0.416 e. The Balaban J connectivity index is 2.18. The molecular formula is C12H9BrF3N3O. The van der Waals surface area contributed by atoms with Crippen LogP contribution in [0.25, 0.3) is 0 Å². The number of hydrogen-bond acceptors (Lipinski definition) is 4. The van der Waals surface area contributed by atoms with Crippen molar-refractivity contribution >= 4 is 27.6 Å². The van der Waals surface area contributed by atoms with Crippen molar-refractivity contribution in [2.24, 2.45) is 0 Å². The Morgan fingerprint density at radius 2 is 1.85 bits per heavy atom. The molecule has 2 rings (SSSR count). The fourth-order valence-electron chi connectivity index (χ4n) is 1.43. The highest BCUT2D eigenvalue weighted by atomic mass is 79.9. The zero-order valence-corrected chi connectivity index (χ0v) is 11.8. The maximum atomic E-state index is 12.4. The van der Waals surface area contributed by atoms with Gasteiger partial charge < -0.3 is 10.1 Å². The summed E-state index contributed by atoms with van der Waals surface area (Å²) in [6.45, 7) is 0. The number of benzene rings is 1. The lowest BCUT2D eigenvalue weighted by atomic mass is 10.2. The standard InChI is InChI=1S/C12H9BrF3N3O/c1-20-10-9(13)6-17-11(19-10)18-8-4-2-7(3-5-8)12(14,15)16/h2-6H,1H3,(H,17,18,19). The lowest BCUT2D eigenvalue weighted by molar-refractivity contribution is -0.137. The van der Waals surface area contributed by atoms with E-state index in [-0.39, 0.29) is 5.95 Å². The maximum Gasteiger partial charge on any atom is 0.416 e. The fraction of sp³-hybridized carbons (Fsp3) is 0.167. The second-order valence-corrected chi connectivity index (χ2v) is 4.61. The van der Waals surface area contributed by atoms with E-state index in [9.17, 15) is 13.2 Å². The van der Waals surface area contributed by atoms with E-state index in [1.165, 1.54) is 25.4 Å². The third-order valence-corrected chi connectivity index (χ3v) is 2.92. The molecule has 0 aliphatic heterocycles. The van der Waals surface area contributed by atoms with Gasteiger partial charge in [-0.3, -0.25) is 0 Å². The highest BCUT2D eigenvalue weighted by molar-refractivity contribution is 9.10. The molecule has 1 aromatic heterocycles. The number of ether oxygens (including phenoxy) is 1. The quantitative estimate of drug-likeness (QED) is 0.911. The molecule has 106 valence electrons. The summed E-state index contributed by atoms with van der Waals surface area (Å²) in [4.78, 5) is 8.03. The summed E-state index contributed by atoms with van der Waals surface area (Å²) >= 11 is 3.20. The molecule has 0 radical (unpaired) electrons. The minimum Gasteiger partial charge on any atom is -0.480 e. The van der Waals surface area contributed by atoms with Gasteiger partial charge in [0.2, 0.25) is 11.8 Å². The molecule has 0 spiro atoms. The zero-order chi connectivity index (χ0) is 14.8. The van der Waals surface area contributed by atoms with Crippen LogP contribution in [0.3, 0.4) is 0 Å². The maximum absolute atomic E-state index is 12.4. The Morgan fingerprint density at radius 1 is 1.20 bits per heavy atom. The van der Waals surface area contributed by atoms with E-state index in [4.69, 9.17) is 4.74 Å². The molecular weight excluding hydrogens is 339 g/mol. The summed E-state index contributed by atoms with van der Waals surface area (Å²) in [5, 5.41) is 2.79. The first-order valence-corrected chi connectivity index (χ1v) is 6.20. The van der Waals surface area contributed by atoms with E-state index >= 15 is 0 Å². The molecule has 0 aliphatic rings. The molecule has 1 N–H and O–H groups in total. The lowest BCUT2D eigenvalue weighted by Gasteiger charge is -2.09. The van der Waals surface area contributed by atoms with Crippen LogP contribution >= 0.6 is 15.9 Å². The first-order valence-electron chi connectivity index (χ1n) is 5.41. The van der Waals surface area contributed by atoms with Gasteiger partial charge in [0.15, 0.2) is 0 Å². The van der Waals surface area contributed by atoms with E-state index in [1.807, 2.05) is 0 Å². The van der Waals surface area contributed by atoms with Crippen LogP contribution in [-0.2, 0) is 6.18 Å². The molecule has 0 saturated heterocycles. The lowest BCUT2D eigenvalue weighted by Crippen LogP contribution is -2.05. The van der Waals surface area contributed by atoms with Crippen molar-refractivity contribution in [2.75, 3.05) is 12.4 Å². The topological polar surface area (TPSA) is 47.0 Å². The molecule has 2 aromatic rings. The van der Waals surface area contributed by atoms with E-state index in [0.717, 1.165) is 12.1 Å². The van der Waals surface area contributed by atoms with Crippen molar-refractivity contribution in [1.82, 2.24) is 9.97 Å². The predicted molar refractivity (Wildman–Crippen MR) is 71.0 cm³/mol. The van der Waals surface area contributed by atoms with Gasteiger partial charge in [0.1, 0.15) is 0 Å². The third kappa shape index (κ3) is 3.38. The van der Waals surface area contributed by atoms with Crippen LogP contribution in [0.5, 0.6) is 5.88 Å². The number of methoxy groups -OCH3 is 1. The molecule has 4 nitrogen and oxygen atoms in total. The van der Waals surface area contributed by atoms with E-state index in [1.54, 1.807) is 0 Å². The second-order valence-electron chi connectivity index (χ2n) is 3.75. The van der Waals surface area contributed by atoms with Gasteiger partial charge in [-0.05, 0) is 40.2 Å². The molecule has 0 fully saturated rings. The van der Waals surface area contributed by atoms with E-state index < -0.39 is 11.7 Å². The van der Waals surface area contributed by atoms with Crippen LogP contribution < -0.4 is 10.1 Å². The average Bonchev–Trinajstić information content (AvgIpc) is 2.40. The van der Waals surface area contributed by atoms with Gasteiger partial charge in [-0.1, -0.05) is 0 Å². The number of halogens is 4. The van der Waals surface area contributed by atoms with Gasteiger partial charge >= 0.3 is 6.18 Å². The SMILES string of the molecule is COc1nc(Nc2ccc(C(F)(F)F)cc2)ncc1Br. The Labute approximate surface area is 121 Å². The highest BCUT2D eigenvalue weighted by Crippen LogP contribution is 2.30. The normalized spacial score (nSPS) is 11.2. The highest BCUT2D eigenvalue weighted by Gasteiger charge is 2.29. The van der Waals surface area contributed by atoms with Crippen molar-refractivity contribution in [1.29, 1.82) is 0 Å². The van der Waals surface area contributed by atoms with Gasteiger partial charge in [-0.15, -0.1) is 0 Å². The minimum atomic E-state index is -4.35. The Morgan fingerprint density at radius 3 is 2.40 bits per heavy atom. The summed E-state index contributed by atoms with van der Waals surface area (Å²) < 4.78 is 42.9. The monoisotopic (exact) mass is 347 g/mol. The van der Waals surface area contributed by atoms with Gasteiger partial charge in [0.25, 0.3) is 0 Å². The largest absolute Gasteiger partial charge is 0.480 e. The van der Waals surface area contributed by atoms with Crippen molar-refractivity contribution in [3.8, 4) is 5.88 Å². The molecule has 8 heteroatoms. The molecule has 0 aliphatic carbocycles. The van der Waals surface area contributed by atoms with Crippen LogP contribution in [0.1, 0.15) is 5.56 Å². The Kier molecular flexibility index (Phi) is 4.12. The third-order valence-electron chi connectivity index (χ3n) is 2.37. The van der Waals surface area contributed by atoms with E-state index in [2.05, 4.69) is 31.2 Å². The van der Waals surface area contributed by atoms with Gasteiger partial charge in [-0.25, -0.2) is 4.98 Å². The van der Waals surface area contributed by atoms with Crippen molar-refractivity contribution in [3.63, 3.8) is 0 Å². The molecule has 20 heavy (non-hydrogen) atoms. The van der Waals surface area contributed by atoms with Crippen LogP contribution in [-0.4, -0.2) is 17.1 Å². The van der Waals surface area contributed by atoms with Crippen LogP contribution in [0.15, 0.2) is 34.9 Å². The Hall–Kier alpha value is -1.83.